The van der Waals surface area contributed by atoms with Crippen molar-refractivity contribution in [2.24, 2.45) is 0 Å². The molecule has 0 bridgehead atoms. The Hall–Kier alpha value is -3.17. The first-order valence-corrected chi connectivity index (χ1v) is 10.7. The number of hydrogen-bond acceptors (Lipinski definition) is 8. The van der Waals surface area contributed by atoms with Gasteiger partial charge in [-0.25, -0.2) is 4.98 Å². The fraction of sp³-hybridized carbons (Fsp3) is 0.100. The number of rotatable bonds is 5. The maximum absolute atomic E-state index is 12.4. The van der Waals surface area contributed by atoms with Gasteiger partial charge in [0, 0.05) is 11.1 Å². The molecule has 0 aliphatic rings. The second-order valence-electron chi connectivity index (χ2n) is 6.44. The second kappa shape index (κ2) is 7.34. The topological polar surface area (TPSA) is 96.7 Å². The first-order valence-electron chi connectivity index (χ1n) is 8.86. The van der Waals surface area contributed by atoms with Gasteiger partial charge in [0.25, 0.3) is 5.56 Å². The molecule has 9 heteroatoms. The molecule has 7 nitrogen and oxygen atoms in total. The van der Waals surface area contributed by atoms with Crippen molar-refractivity contribution < 1.29 is 4.42 Å². The van der Waals surface area contributed by atoms with Crippen molar-refractivity contribution in [3.05, 3.63) is 70.3 Å². The van der Waals surface area contributed by atoms with Crippen LogP contribution in [0.5, 0.6) is 0 Å². The fourth-order valence-corrected chi connectivity index (χ4v) is 4.65. The van der Waals surface area contributed by atoms with Crippen LogP contribution in [0.3, 0.4) is 0 Å². The Morgan fingerprint density at radius 2 is 2.07 bits per heavy atom. The number of nitrogens with one attached hydrogen (secondary N) is 2. The van der Waals surface area contributed by atoms with Crippen LogP contribution in [0.1, 0.15) is 11.4 Å². The predicted molar refractivity (Wildman–Crippen MR) is 116 cm³/mol. The van der Waals surface area contributed by atoms with E-state index in [1.165, 1.54) is 28.7 Å². The lowest BCUT2D eigenvalue weighted by molar-refractivity contribution is 0.660. The molecule has 0 saturated heterocycles. The van der Waals surface area contributed by atoms with Gasteiger partial charge in [-0.1, -0.05) is 47.4 Å². The lowest BCUT2D eigenvalue weighted by atomic mass is 10.2. The molecule has 3 aromatic heterocycles. The first-order chi connectivity index (χ1) is 14.2. The molecule has 0 fully saturated rings. The molecule has 2 aromatic carbocycles. The summed E-state index contributed by atoms with van der Waals surface area (Å²) >= 11 is 2.93. The summed E-state index contributed by atoms with van der Waals surface area (Å²) in [6.45, 7) is 2.04. The summed E-state index contributed by atoms with van der Waals surface area (Å²) in [5.41, 5.74) is 3.36. The monoisotopic (exact) mass is 421 g/mol. The fourth-order valence-electron chi connectivity index (χ4n) is 3.01. The minimum atomic E-state index is -0.277. The quantitative estimate of drug-likeness (QED) is 0.391. The summed E-state index contributed by atoms with van der Waals surface area (Å²) in [7, 11) is 0. The van der Waals surface area contributed by atoms with Crippen LogP contribution in [0.4, 0.5) is 10.8 Å². The van der Waals surface area contributed by atoms with Gasteiger partial charge in [-0.2, -0.15) is 0 Å². The van der Waals surface area contributed by atoms with Gasteiger partial charge in [-0.15, -0.1) is 10.2 Å². The minimum Gasteiger partial charge on any atom is -0.449 e. The molecule has 5 aromatic rings. The number of furan rings is 1. The smallest absolute Gasteiger partial charge is 0.294 e. The highest BCUT2D eigenvalue weighted by Crippen LogP contribution is 2.30. The Morgan fingerprint density at radius 3 is 2.97 bits per heavy atom. The number of hydrogen-bond donors (Lipinski definition) is 2. The Morgan fingerprint density at radius 1 is 1.17 bits per heavy atom. The zero-order chi connectivity index (χ0) is 19.8. The van der Waals surface area contributed by atoms with Crippen LogP contribution in [-0.4, -0.2) is 20.2 Å². The maximum Gasteiger partial charge on any atom is 0.294 e. The van der Waals surface area contributed by atoms with Gasteiger partial charge < -0.3 is 14.7 Å². The maximum atomic E-state index is 12.4. The summed E-state index contributed by atoms with van der Waals surface area (Å²) < 4.78 is 6.42. The largest absolute Gasteiger partial charge is 0.449 e. The van der Waals surface area contributed by atoms with Crippen LogP contribution in [0.25, 0.3) is 22.1 Å². The standard InChI is InChI=1S/C20H15N5O2S2/c1-11-5-4-6-12(9-11)21-19-24-25-20(29-19)28-10-15-22-16-13-7-2-3-8-14(13)27-17(16)18(26)23-15/h2-9H,10H2,1H3,(H,21,24)(H,22,23,26). The van der Waals surface area contributed by atoms with Crippen molar-refractivity contribution in [1.82, 2.24) is 20.2 Å². The number of H-pyrrole nitrogens is 1. The van der Waals surface area contributed by atoms with Crippen LogP contribution in [-0.2, 0) is 5.75 Å². The minimum absolute atomic E-state index is 0.250. The van der Waals surface area contributed by atoms with Gasteiger partial charge in [-0.05, 0) is 36.8 Å². The van der Waals surface area contributed by atoms with E-state index in [-0.39, 0.29) is 11.1 Å². The molecule has 0 saturated carbocycles. The Labute approximate surface area is 173 Å². The molecule has 144 valence electrons. The van der Waals surface area contributed by atoms with E-state index in [4.69, 9.17) is 4.42 Å². The normalized spacial score (nSPS) is 11.3. The van der Waals surface area contributed by atoms with Gasteiger partial charge in [0.1, 0.15) is 16.9 Å². The zero-order valence-corrected chi connectivity index (χ0v) is 16.9. The summed E-state index contributed by atoms with van der Waals surface area (Å²) in [6.07, 6.45) is 0. The average Bonchev–Trinajstić information content (AvgIpc) is 3.31. The van der Waals surface area contributed by atoms with Gasteiger partial charge in [0.15, 0.2) is 4.34 Å². The molecule has 0 atom stereocenters. The van der Waals surface area contributed by atoms with Crippen molar-refractivity contribution in [1.29, 1.82) is 0 Å². The second-order valence-corrected chi connectivity index (χ2v) is 8.64. The number of aromatic nitrogens is 4. The van der Waals surface area contributed by atoms with Crippen LogP contribution in [0.2, 0.25) is 0 Å². The molecule has 29 heavy (non-hydrogen) atoms. The zero-order valence-electron chi connectivity index (χ0n) is 15.3. The van der Waals surface area contributed by atoms with E-state index in [1.54, 1.807) is 0 Å². The number of aromatic amines is 1. The van der Waals surface area contributed by atoms with Crippen molar-refractivity contribution in [3.8, 4) is 0 Å². The molecule has 0 radical (unpaired) electrons. The van der Waals surface area contributed by atoms with E-state index >= 15 is 0 Å². The molecule has 0 spiro atoms. The molecule has 2 N–H and O–H groups in total. The molecular formula is C20H15N5O2S2. The van der Waals surface area contributed by atoms with Crippen LogP contribution in [0.15, 0.2) is 62.1 Å². The Bertz CT molecular complexity index is 1390. The SMILES string of the molecule is Cc1cccc(Nc2nnc(SCc3nc4c(oc5ccccc54)c(=O)[nH]3)s2)c1. The summed E-state index contributed by atoms with van der Waals surface area (Å²) in [5, 5.41) is 13.2. The molecule has 0 unspecified atom stereocenters. The molecule has 5 rings (SSSR count). The number of nitrogens with zero attached hydrogens (tertiary/aromatic N) is 3. The number of fused-ring (bicyclic) bond motifs is 3. The lowest BCUT2D eigenvalue weighted by Gasteiger charge is -2.02. The van der Waals surface area contributed by atoms with Crippen molar-refractivity contribution in [3.63, 3.8) is 0 Å². The van der Waals surface area contributed by atoms with Crippen LogP contribution < -0.4 is 10.9 Å². The van der Waals surface area contributed by atoms with Gasteiger partial charge in [0.2, 0.25) is 10.7 Å². The number of para-hydroxylation sites is 1. The highest BCUT2D eigenvalue weighted by Gasteiger charge is 2.14. The average molecular weight is 422 g/mol. The highest BCUT2D eigenvalue weighted by molar-refractivity contribution is 8.00. The third-order valence-corrected chi connectivity index (χ3v) is 6.27. The van der Waals surface area contributed by atoms with E-state index < -0.39 is 0 Å². The van der Waals surface area contributed by atoms with Crippen molar-refractivity contribution in [2.45, 2.75) is 17.0 Å². The number of thioether (sulfide) groups is 1. The number of anilines is 2. The van der Waals surface area contributed by atoms with Crippen LogP contribution in [0, 0.1) is 6.92 Å². The third kappa shape index (κ3) is 3.62. The van der Waals surface area contributed by atoms with E-state index in [9.17, 15) is 4.79 Å². The van der Waals surface area contributed by atoms with Crippen molar-refractivity contribution >= 4 is 56.0 Å². The number of aryl methyl sites for hydroxylation is 1. The summed E-state index contributed by atoms with van der Waals surface area (Å²) in [6, 6.07) is 15.6. The lowest BCUT2D eigenvalue weighted by Crippen LogP contribution is -2.10. The Kier molecular flexibility index (Phi) is 4.53. The van der Waals surface area contributed by atoms with Crippen molar-refractivity contribution in [2.75, 3.05) is 5.32 Å². The third-order valence-electron chi connectivity index (χ3n) is 4.29. The summed E-state index contributed by atoms with van der Waals surface area (Å²) in [4.78, 5) is 19.8. The van der Waals surface area contributed by atoms with Crippen LogP contribution >= 0.6 is 23.1 Å². The molecule has 0 aliphatic carbocycles. The number of benzene rings is 2. The van der Waals surface area contributed by atoms with E-state index in [0.29, 0.717) is 22.7 Å². The van der Waals surface area contributed by atoms with E-state index in [1.807, 2.05) is 55.5 Å². The summed E-state index contributed by atoms with van der Waals surface area (Å²) in [5.74, 6) is 1.05. The van der Waals surface area contributed by atoms with Gasteiger partial charge in [-0.3, -0.25) is 4.79 Å². The highest BCUT2D eigenvalue weighted by atomic mass is 32.2. The Balaban J connectivity index is 1.35. The van der Waals surface area contributed by atoms with Gasteiger partial charge >= 0.3 is 0 Å². The molecule has 0 amide bonds. The molecule has 0 aliphatic heterocycles. The van der Waals surface area contributed by atoms with Gasteiger partial charge in [0.05, 0.1) is 5.75 Å². The first kappa shape index (κ1) is 17.9. The van der Waals surface area contributed by atoms with E-state index in [0.717, 1.165) is 20.5 Å². The molecule has 3 heterocycles. The predicted octanol–water partition coefficient (Wildman–Crippen LogP) is 4.87. The molecular weight excluding hydrogens is 406 g/mol. The van der Waals surface area contributed by atoms with E-state index in [2.05, 4.69) is 25.5 Å².